The number of nitrogens with zero attached hydrogens (tertiary/aromatic N) is 1. The van der Waals surface area contributed by atoms with Gasteiger partial charge in [-0.2, -0.15) is 0 Å². The van der Waals surface area contributed by atoms with E-state index in [0.717, 1.165) is 23.9 Å². The molecule has 0 saturated carbocycles. The van der Waals surface area contributed by atoms with Crippen molar-refractivity contribution in [2.24, 2.45) is 0 Å². The molecule has 0 aromatic carbocycles. The molecule has 5 nitrogen and oxygen atoms in total. The predicted octanol–water partition coefficient (Wildman–Crippen LogP) is 2.13. The molecule has 0 aromatic heterocycles. The fourth-order valence-corrected chi connectivity index (χ4v) is 1.69. The van der Waals surface area contributed by atoms with Crippen LogP contribution in [0.2, 0.25) is 0 Å². The van der Waals surface area contributed by atoms with Gasteiger partial charge in [-0.3, -0.25) is 4.79 Å². The van der Waals surface area contributed by atoms with Gasteiger partial charge >= 0.3 is 5.97 Å². The molecule has 0 N–H and O–H groups in total. The first kappa shape index (κ1) is 23.2. The summed E-state index contributed by atoms with van der Waals surface area (Å²) in [4.78, 5) is 20.3. The summed E-state index contributed by atoms with van der Waals surface area (Å²) in [6.45, 7) is 4.99. The molecular weight excluding hydrogens is 282 g/mol. The third kappa shape index (κ3) is 27.3. The van der Waals surface area contributed by atoms with Crippen LogP contribution in [-0.2, 0) is 14.3 Å². The summed E-state index contributed by atoms with van der Waals surface area (Å²) in [7, 11) is 6.18. The van der Waals surface area contributed by atoms with Crippen LogP contribution >= 0.6 is 0 Å². The standard InChI is InChI=1S/C10H20O2.C7H16NO2/c1-2-3-4-5-6-7-8-9-10(11)12;1-7(9)10-6-5-8(2,3)4/h2-9H2,1H3,(H,11,12);5-6H2,1-4H3/q;+1/p-1. The monoisotopic (exact) mass is 317 g/mol. The number of carboxylic acid groups (broad SMARTS) is 1. The molecule has 0 aliphatic heterocycles. The van der Waals surface area contributed by atoms with Crippen molar-refractivity contribution >= 4 is 11.9 Å². The molecule has 132 valence electrons. The topological polar surface area (TPSA) is 66.4 Å². The van der Waals surface area contributed by atoms with Gasteiger partial charge in [0.25, 0.3) is 0 Å². The lowest BCUT2D eigenvalue weighted by atomic mass is 10.1. The van der Waals surface area contributed by atoms with Crippen LogP contribution in [-0.4, -0.2) is 50.7 Å². The van der Waals surface area contributed by atoms with Gasteiger partial charge in [0.2, 0.25) is 0 Å². The quantitative estimate of drug-likeness (QED) is 0.333. The molecule has 0 atom stereocenters. The van der Waals surface area contributed by atoms with E-state index in [1.807, 2.05) is 0 Å². The number of unbranched alkanes of at least 4 members (excludes halogenated alkanes) is 6. The van der Waals surface area contributed by atoms with Crippen LogP contribution in [0.5, 0.6) is 0 Å². The predicted molar refractivity (Wildman–Crippen MR) is 87.1 cm³/mol. The maximum Gasteiger partial charge on any atom is 0.302 e. The zero-order chi connectivity index (χ0) is 17.4. The number of carboxylic acids is 1. The number of rotatable bonds is 11. The van der Waals surface area contributed by atoms with E-state index in [1.165, 1.54) is 39.0 Å². The van der Waals surface area contributed by atoms with Crippen molar-refractivity contribution in [3.63, 3.8) is 0 Å². The average Bonchev–Trinajstić information content (AvgIpc) is 2.36. The van der Waals surface area contributed by atoms with Crippen LogP contribution in [0, 0.1) is 0 Å². The first-order chi connectivity index (χ1) is 10.2. The van der Waals surface area contributed by atoms with Gasteiger partial charge in [0.05, 0.1) is 21.1 Å². The summed E-state index contributed by atoms with van der Waals surface area (Å²) in [6.07, 6.45) is 8.34. The van der Waals surface area contributed by atoms with Crippen molar-refractivity contribution in [2.75, 3.05) is 34.3 Å². The number of ether oxygens (including phenoxy) is 1. The average molecular weight is 317 g/mol. The number of aliphatic carboxylic acids is 1. The summed E-state index contributed by atoms with van der Waals surface area (Å²) in [5.41, 5.74) is 0. The third-order valence-corrected chi connectivity index (χ3v) is 3.05. The maximum atomic E-state index is 10.3. The van der Waals surface area contributed by atoms with Gasteiger partial charge in [0, 0.05) is 12.9 Å². The Balaban J connectivity index is 0. The number of likely N-dealkylation sites (N-methyl/N-ethyl adjacent to an activating group) is 1. The molecule has 22 heavy (non-hydrogen) atoms. The molecule has 5 heteroatoms. The lowest BCUT2D eigenvalue weighted by molar-refractivity contribution is -0.870. The van der Waals surface area contributed by atoms with Crippen LogP contribution in [0.1, 0.15) is 65.2 Å². The van der Waals surface area contributed by atoms with Gasteiger partial charge < -0.3 is 19.1 Å². The van der Waals surface area contributed by atoms with Gasteiger partial charge in [-0.05, 0) is 12.8 Å². The highest BCUT2D eigenvalue weighted by Crippen LogP contribution is 2.07. The molecule has 0 saturated heterocycles. The molecule has 0 rings (SSSR count). The second-order valence-electron chi connectivity index (χ2n) is 6.60. The van der Waals surface area contributed by atoms with Crippen molar-refractivity contribution < 1.29 is 23.9 Å². The number of carbonyl (C=O) groups is 2. The van der Waals surface area contributed by atoms with E-state index in [4.69, 9.17) is 4.74 Å². The highest BCUT2D eigenvalue weighted by atomic mass is 16.5. The minimum atomic E-state index is -0.913. The number of hydrogen-bond donors (Lipinski definition) is 0. The molecule has 0 aliphatic rings. The number of carbonyl (C=O) groups excluding carboxylic acids is 2. The lowest BCUT2D eigenvalue weighted by Gasteiger charge is -2.23. The van der Waals surface area contributed by atoms with Crippen molar-refractivity contribution in [1.29, 1.82) is 0 Å². The Morgan fingerprint density at radius 1 is 0.955 bits per heavy atom. The zero-order valence-electron chi connectivity index (χ0n) is 15.2. The molecule has 0 radical (unpaired) electrons. The van der Waals surface area contributed by atoms with Crippen molar-refractivity contribution in [3.8, 4) is 0 Å². The summed E-state index contributed by atoms with van der Waals surface area (Å²) < 4.78 is 5.59. The van der Waals surface area contributed by atoms with Crippen LogP contribution in [0.3, 0.4) is 0 Å². The molecule has 0 bridgehead atoms. The van der Waals surface area contributed by atoms with Crippen molar-refractivity contribution in [3.05, 3.63) is 0 Å². The van der Waals surface area contributed by atoms with Crippen molar-refractivity contribution in [2.45, 2.75) is 65.2 Å². The van der Waals surface area contributed by atoms with Crippen LogP contribution < -0.4 is 5.11 Å². The maximum absolute atomic E-state index is 10.3. The van der Waals surface area contributed by atoms with Gasteiger partial charge in [-0.1, -0.05) is 45.4 Å². The Hall–Kier alpha value is -1.10. The smallest absolute Gasteiger partial charge is 0.302 e. The molecule has 0 unspecified atom stereocenters. The molecule has 0 spiro atoms. The fourth-order valence-electron chi connectivity index (χ4n) is 1.69. The van der Waals surface area contributed by atoms with E-state index < -0.39 is 5.97 Å². The Kier molecular flexibility index (Phi) is 15.6. The summed E-state index contributed by atoms with van der Waals surface area (Å²) in [5, 5.41) is 10.0. The molecular formula is C17H35NO4. The third-order valence-electron chi connectivity index (χ3n) is 3.05. The van der Waals surface area contributed by atoms with Gasteiger partial charge in [-0.15, -0.1) is 0 Å². The minimum Gasteiger partial charge on any atom is -0.550 e. The highest BCUT2D eigenvalue weighted by Gasteiger charge is 2.06. The van der Waals surface area contributed by atoms with Crippen molar-refractivity contribution in [1.82, 2.24) is 0 Å². The molecule has 0 aliphatic carbocycles. The van der Waals surface area contributed by atoms with E-state index in [0.29, 0.717) is 6.61 Å². The Morgan fingerprint density at radius 3 is 1.86 bits per heavy atom. The number of hydrogen-bond acceptors (Lipinski definition) is 4. The molecule has 0 aromatic rings. The molecule has 0 amide bonds. The second kappa shape index (κ2) is 14.8. The summed E-state index contributed by atoms with van der Waals surface area (Å²) in [5.74, 6) is -1.11. The van der Waals surface area contributed by atoms with E-state index >= 15 is 0 Å². The van der Waals surface area contributed by atoms with Gasteiger partial charge in [-0.25, -0.2) is 0 Å². The van der Waals surface area contributed by atoms with Gasteiger partial charge in [0.1, 0.15) is 13.2 Å². The van der Waals surface area contributed by atoms with E-state index in [-0.39, 0.29) is 12.4 Å². The first-order valence-corrected chi connectivity index (χ1v) is 8.32. The fraction of sp³-hybridized carbons (Fsp3) is 0.882. The SMILES string of the molecule is CC(=O)OCC[N+](C)(C)C.CCCCCCCCCC(=O)[O-]. The normalized spacial score (nSPS) is 10.6. The van der Waals surface area contributed by atoms with Crippen LogP contribution in [0.4, 0.5) is 0 Å². The van der Waals surface area contributed by atoms with E-state index in [2.05, 4.69) is 28.1 Å². The largest absolute Gasteiger partial charge is 0.550 e. The molecule has 0 fully saturated rings. The number of quaternary nitrogens is 1. The van der Waals surface area contributed by atoms with Crippen LogP contribution in [0.15, 0.2) is 0 Å². The lowest BCUT2D eigenvalue weighted by Crippen LogP contribution is -2.37. The van der Waals surface area contributed by atoms with Crippen LogP contribution in [0.25, 0.3) is 0 Å². The number of esters is 1. The summed E-state index contributed by atoms with van der Waals surface area (Å²) in [6, 6.07) is 0. The first-order valence-electron chi connectivity index (χ1n) is 8.32. The second-order valence-corrected chi connectivity index (χ2v) is 6.60. The van der Waals surface area contributed by atoms with Gasteiger partial charge in [0.15, 0.2) is 0 Å². The molecule has 0 heterocycles. The van der Waals surface area contributed by atoms with E-state index in [1.54, 1.807) is 0 Å². The zero-order valence-corrected chi connectivity index (χ0v) is 15.2. The Labute approximate surface area is 136 Å². The minimum absolute atomic E-state index is 0.201. The van der Waals surface area contributed by atoms with E-state index in [9.17, 15) is 14.7 Å². The Bertz CT molecular complexity index is 285. The highest BCUT2D eigenvalue weighted by molar-refractivity contribution is 5.65. The summed E-state index contributed by atoms with van der Waals surface area (Å²) >= 11 is 0. The Morgan fingerprint density at radius 2 is 1.45 bits per heavy atom.